The number of hydrogen-bond acceptors (Lipinski definition) is 4. The van der Waals surface area contributed by atoms with Crippen LogP contribution in [0.3, 0.4) is 0 Å². The number of carbonyl (C=O) groups is 1. The molecular formula is C19H22N4O2. The zero-order valence-corrected chi connectivity index (χ0v) is 13.9. The third kappa shape index (κ3) is 4.58. The molecular weight excluding hydrogens is 316 g/mol. The van der Waals surface area contributed by atoms with E-state index in [1.54, 1.807) is 24.3 Å². The maximum Gasteiger partial charge on any atom is 0.251 e. The SMILES string of the molecule is N=C(N)c1cccc(C(=O)NCc2ccc(OC3CCNC3)cc2)c1. The molecule has 5 N–H and O–H groups in total. The fourth-order valence-corrected chi connectivity index (χ4v) is 2.72. The Morgan fingerprint density at radius 3 is 2.68 bits per heavy atom. The second-order valence-electron chi connectivity index (χ2n) is 6.05. The van der Waals surface area contributed by atoms with Crippen LogP contribution in [-0.4, -0.2) is 30.9 Å². The summed E-state index contributed by atoms with van der Waals surface area (Å²) >= 11 is 0. The van der Waals surface area contributed by atoms with Crippen molar-refractivity contribution in [3.8, 4) is 5.75 Å². The number of amides is 1. The monoisotopic (exact) mass is 338 g/mol. The molecule has 1 aliphatic rings. The van der Waals surface area contributed by atoms with Gasteiger partial charge in [-0.3, -0.25) is 10.2 Å². The van der Waals surface area contributed by atoms with Gasteiger partial charge >= 0.3 is 0 Å². The van der Waals surface area contributed by atoms with E-state index in [1.807, 2.05) is 24.3 Å². The summed E-state index contributed by atoms with van der Waals surface area (Å²) in [7, 11) is 0. The third-order valence-electron chi connectivity index (χ3n) is 4.13. The van der Waals surface area contributed by atoms with Crippen molar-refractivity contribution in [1.82, 2.24) is 10.6 Å². The Labute approximate surface area is 146 Å². The molecule has 0 aromatic heterocycles. The predicted octanol–water partition coefficient (Wildman–Crippen LogP) is 1.64. The maximum atomic E-state index is 12.2. The highest BCUT2D eigenvalue weighted by Gasteiger charge is 2.15. The van der Waals surface area contributed by atoms with Gasteiger partial charge in [-0.1, -0.05) is 24.3 Å². The van der Waals surface area contributed by atoms with E-state index >= 15 is 0 Å². The lowest BCUT2D eigenvalue weighted by Crippen LogP contribution is -2.23. The molecule has 6 heteroatoms. The lowest BCUT2D eigenvalue weighted by atomic mass is 10.1. The van der Waals surface area contributed by atoms with Crippen LogP contribution in [-0.2, 0) is 6.54 Å². The van der Waals surface area contributed by atoms with Crippen molar-refractivity contribution in [2.45, 2.75) is 19.1 Å². The van der Waals surface area contributed by atoms with Crippen molar-refractivity contribution in [3.05, 3.63) is 65.2 Å². The Bertz CT molecular complexity index is 752. The number of amidine groups is 1. The maximum absolute atomic E-state index is 12.2. The lowest BCUT2D eigenvalue weighted by molar-refractivity contribution is 0.0951. The number of rotatable bonds is 6. The summed E-state index contributed by atoms with van der Waals surface area (Å²) in [6, 6.07) is 14.5. The van der Waals surface area contributed by atoms with Crippen LogP contribution in [0.1, 0.15) is 27.9 Å². The molecule has 3 rings (SSSR count). The van der Waals surface area contributed by atoms with E-state index in [1.165, 1.54) is 0 Å². The van der Waals surface area contributed by atoms with Crippen molar-refractivity contribution in [2.75, 3.05) is 13.1 Å². The highest BCUT2D eigenvalue weighted by molar-refractivity contribution is 5.99. The molecule has 0 aliphatic carbocycles. The molecule has 1 atom stereocenters. The first-order valence-electron chi connectivity index (χ1n) is 8.31. The fraction of sp³-hybridized carbons (Fsp3) is 0.263. The highest BCUT2D eigenvalue weighted by Crippen LogP contribution is 2.16. The van der Waals surface area contributed by atoms with E-state index in [2.05, 4.69) is 10.6 Å². The van der Waals surface area contributed by atoms with Gasteiger partial charge in [0.1, 0.15) is 17.7 Å². The summed E-state index contributed by atoms with van der Waals surface area (Å²) in [4.78, 5) is 12.2. The zero-order valence-electron chi connectivity index (χ0n) is 13.9. The average molecular weight is 338 g/mol. The van der Waals surface area contributed by atoms with Crippen LogP contribution in [0.25, 0.3) is 0 Å². The minimum Gasteiger partial charge on any atom is -0.489 e. The van der Waals surface area contributed by atoms with Crippen LogP contribution >= 0.6 is 0 Å². The molecule has 0 radical (unpaired) electrons. The minimum atomic E-state index is -0.194. The van der Waals surface area contributed by atoms with Crippen LogP contribution < -0.4 is 21.1 Å². The molecule has 0 saturated carbocycles. The Morgan fingerprint density at radius 2 is 2.00 bits per heavy atom. The Balaban J connectivity index is 1.55. The number of nitrogens with one attached hydrogen (secondary N) is 3. The molecule has 1 heterocycles. The molecule has 1 fully saturated rings. The average Bonchev–Trinajstić information content (AvgIpc) is 3.14. The summed E-state index contributed by atoms with van der Waals surface area (Å²) in [6.45, 7) is 2.31. The number of hydrogen-bond donors (Lipinski definition) is 4. The Hall–Kier alpha value is -2.86. The first-order chi connectivity index (χ1) is 12.1. The van der Waals surface area contributed by atoms with E-state index in [0.717, 1.165) is 30.8 Å². The third-order valence-corrected chi connectivity index (χ3v) is 4.13. The summed E-state index contributed by atoms with van der Waals surface area (Å²) < 4.78 is 5.88. The van der Waals surface area contributed by atoms with Crippen molar-refractivity contribution >= 4 is 11.7 Å². The normalized spacial score (nSPS) is 16.4. The smallest absolute Gasteiger partial charge is 0.251 e. The number of carbonyl (C=O) groups excluding carboxylic acids is 1. The van der Waals surface area contributed by atoms with Gasteiger partial charge in [-0.2, -0.15) is 0 Å². The molecule has 1 amide bonds. The van der Waals surface area contributed by atoms with Crippen molar-refractivity contribution < 1.29 is 9.53 Å². The second-order valence-corrected chi connectivity index (χ2v) is 6.05. The van der Waals surface area contributed by atoms with E-state index in [0.29, 0.717) is 17.7 Å². The number of benzene rings is 2. The van der Waals surface area contributed by atoms with Gasteiger partial charge in [0.2, 0.25) is 0 Å². The van der Waals surface area contributed by atoms with E-state index < -0.39 is 0 Å². The molecule has 1 unspecified atom stereocenters. The molecule has 6 nitrogen and oxygen atoms in total. The van der Waals surface area contributed by atoms with E-state index in [-0.39, 0.29) is 17.8 Å². The van der Waals surface area contributed by atoms with Gasteiger partial charge in [0.15, 0.2) is 0 Å². The molecule has 1 saturated heterocycles. The zero-order chi connectivity index (χ0) is 17.6. The number of nitrogen functional groups attached to an aromatic ring is 1. The first-order valence-corrected chi connectivity index (χ1v) is 8.31. The fourth-order valence-electron chi connectivity index (χ4n) is 2.72. The molecule has 1 aliphatic heterocycles. The Kier molecular flexibility index (Phi) is 5.30. The summed E-state index contributed by atoms with van der Waals surface area (Å²) in [5, 5.41) is 13.6. The van der Waals surface area contributed by atoms with Gasteiger partial charge in [0, 0.05) is 24.2 Å². The highest BCUT2D eigenvalue weighted by atomic mass is 16.5. The van der Waals surface area contributed by atoms with Crippen LogP contribution in [0.15, 0.2) is 48.5 Å². The van der Waals surface area contributed by atoms with Crippen molar-refractivity contribution in [2.24, 2.45) is 5.73 Å². The standard InChI is InChI=1S/C19H22N4O2/c20-18(21)14-2-1-3-15(10-14)19(24)23-11-13-4-6-16(7-5-13)25-17-8-9-22-12-17/h1-7,10,17,22H,8-9,11-12H2,(H3,20,21)(H,23,24). The topological polar surface area (TPSA) is 100 Å². The molecule has 25 heavy (non-hydrogen) atoms. The van der Waals surface area contributed by atoms with Crippen molar-refractivity contribution in [3.63, 3.8) is 0 Å². The quantitative estimate of drug-likeness (QED) is 0.475. The van der Waals surface area contributed by atoms with E-state index in [4.69, 9.17) is 15.9 Å². The summed E-state index contributed by atoms with van der Waals surface area (Å²) in [6.07, 6.45) is 1.26. The van der Waals surface area contributed by atoms with Gasteiger partial charge in [0.05, 0.1) is 0 Å². The lowest BCUT2D eigenvalue weighted by Gasteiger charge is -2.13. The van der Waals surface area contributed by atoms with Crippen molar-refractivity contribution in [1.29, 1.82) is 5.41 Å². The second kappa shape index (κ2) is 7.81. The van der Waals surface area contributed by atoms with E-state index in [9.17, 15) is 4.79 Å². The number of ether oxygens (including phenoxy) is 1. The summed E-state index contributed by atoms with van der Waals surface area (Å²) in [5.74, 6) is 0.598. The Morgan fingerprint density at radius 1 is 1.24 bits per heavy atom. The number of nitrogens with two attached hydrogens (primary N) is 1. The van der Waals surface area contributed by atoms with Gasteiger partial charge in [-0.25, -0.2) is 0 Å². The molecule has 0 spiro atoms. The molecule has 0 bridgehead atoms. The largest absolute Gasteiger partial charge is 0.489 e. The van der Waals surface area contributed by atoms with Gasteiger partial charge in [0.25, 0.3) is 5.91 Å². The van der Waals surface area contributed by atoms with Crippen LogP contribution in [0.5, 0.6) is 5.75 Å². The molecule has 2 aromatic rings. The molecule has 130 valence electrons. The minimum absolute atomic E-state index is 0.0531. The van der Waals surface area contributed by atoms with Gasteiger partial charge in [-0.15, -0.1) is 0 Å². The first kappa shape index (κ1) is 17.0. The summed E-state index contributed by atoms with van der Waals surface area (Å²) in [5.41, 5.74) is 7.47. The van der Waals surface area contributed by atoms with Gasteiger partial charge < -0.3 is 21.1 Å². The van der Waals surface area contributed by atoms with Crippen LogP contribution in [0.2, 0.25) is 0 Å². The van der Waals surface area contributed by atoms with Crippen LogP contribution in [0, 0.1) is 5.41 Å². The van der Waals surface area contributed by atoms with Gasteiger partial charge in [-0.05, 0) is 42.8 Å². The predicted molar refractivity (Wildman–Crippen MR) is 97.0 cm³/mol. The van der Waals surface area contributed by atoms with Crippen LogP contribution in [0.4, 0.5) is 0 Å². The molecule has 2 aromatic carbocycles.